The third-order valence-corrected chi connectivity index (χ3v) is 6.50. The van der Waals surface area contributed by atoms with Gasteiger partial charge in [0.25, 0.3) is 0 Å². The first-order valence-electron chi connectivity index (χ1n) is 10.4. The fraction of sp³-hybridized carbons (Fsp3) is 0.636. The Morgan fingerprint density at radius 2 is 1.93 bits per heavy atom. The highest BCUT2D eigenvalue weighted by molar-refractivity contribution is 5.89. The Kier molecular flexibility index (Phi) is 6.60. The molecule has 6 nitrogen and oxygen atoms in total. The molecular weight excluding hydrogens is 356 g/mol. The Balaban J connectivity index is 1.72. The van der Waals surface area contributed by atoms with E-state index in [2.05, 4.69) is 6.07 Å². The molecule has 0 spiro atoms. The standard InChI is InChI=1S/C22H32N2O4/c1-3-23(16-20(25)26)18-9-13-24(14-10-18)21(27)22(11-4-5-12-22)17-7-6-8-19(15-17)28-2/h6-8,15,18H,3-5,9-14,16H2,1-2H3,(H,25,26). The Bertz CT molecular complexity index is 692. The number of likely N-dealkylation sites (N-methyl/N-ethyl adjacent to an activating group) is 1. The third-order valence-electron chi connectivity index (χ3n) is 6.50. The zero-order valence-corrected chi connectivity index (χ0v) is 17.0. The van der Waals surface area contributed by atoms with Gasteiger partial charge in [0, 0.05) is 19.1 Å². The van der Waals surface area contributed by atoms with Crippen molar-refractivity contribution in [3.05, 3.63) is 29.8 Å². The highest BCUT2D eigenvalue weighted by Gasteiger charge is 2.45. The van der Waals surface area contributed by atoms with Crippen molar-refractivity contribution in [2.75, 3.05) is 33.3 Å². The van der Waals surface area contributed by atoms with Crippen LogP contribution in [0.4, 0.5) is 0 Å². The Labute approximate surface area is 167 Å². The summed E-state index contributed by atoms with van der Waals surface area (Å²) >= 11 is 0. The van der Waals surface area contributed by atoms with Gasteiger partial charge in [-0.25, -0.2) is 0 Å². The number of carbonyl (C=O) groups is 2. The molecule has 1 aromatic rings. The van der Waals surface area contributed by atoms with Crippen LogP contribution in [0.5, 0.6) is 5.75 Å². The average molecular weight is 389 g/mol. The number of benzene rings is 1. The number of ether oxygens (including phenoxy) is 1. The quantitative estimate of drug-likeness (QED) is 0.778. The van der Waals surface area contributed by atoms with E-state index in [0.29, 0.717) is 13.1 Å². The van der Waals surface area contributed by atoms with Crippen LogP contribution < -0.4 is 4.74 Å². The number of carboxylic acid groups (broad SMARTS) is 1. The zero-order valence-electron chi connectivity index (χ0n) is 17.0. The molecule has 1 saturated heterocycles. The molecule has 0 atom stereocenters. The van der Waals surface area contributed by atoms with Crippen molar-refractivity contribution in [3.63, 3.8) is 0 Å². The predicted octanol–water partition coefficient (Wildman–Crippen LogP) is 2.90. The van der Waals surface area contributed by atoms with Gasteiger partial charge in [-0.3, -0.25) is 14.5 Å². The molecule has 28 heavy (non-hydrogen) atoms. The fourth-order valence-electron chi connectivity index (χ4n) is 4.93. The Hall–Kier alpha value is -2.08. The number of likely N-dealkylation sites (tertiary alicyclic amines) is 1. The van der Waals surface area contributed by atoms with E-state index in [-0.39, 0.29) is 18.5 Å². The van der Waals surface area contributed by atoms with Crippen LogP contribution in [-0.4, -0.2) is 66.1 Å². The number of hydrogen-bond acceptors (Lipinski definition) is 4. The number of rotatable bonds is 7. The number of carbonyl (C=O) groups excluding carboxylic acids is 1. The van der Waals surface area contributed by atoms with Crippen LogP contribution in [0.3, 0.4) is 0 Å². The Morgan fingerprint density at radius 1 is 1.25 bits per heavy atom. The summed E-state index contributed by atoms with van der Waals surface area (Å²) in [5, 5.41) is 9.12. The molecule has 6 heteroatoms. The number of amides is 1. The minimum atomic E-state index is -0.789. The van der Waals surface area contributed by atoms with Gasteiger partial charge in [-0.05, 0) is 49.9 Å². The predicted molar refractivity (Wildman–Crippen MR) is 108 cm³/mol. The van der Waals surface area contributed by atoms with E-state index in [4.69, 9.17) is 9.84 Å². The second-order valence-corrected chi connectivity index (χ2v) is 8.00. The highest BCUT2D eigenvalue weighted by atomic mass is 16.5. The van der Waals surface area contributed by atoms with E-state index in [1.54, 1.807) is 7.11 Å². The van der Waals surface area contributed by atoms with E-state index in [9.17, 15) is 9.59 Å². The molecule has 2 aliphatic rings. The lowest BCUT2D eigenvalue weighted by Gasteiger charge is -2.41. The molecule has 0 bridgehead atoms. The van der Waals surface area contributed by atoms with Crippen LogP contribution in [0.25, 0.3) is 0 Å². The lowest BCUT2D eigenvalue weighted by atomic mass is 9.77. The van der Waals surface area contributed by atoms with Crippen LogP contribution in [0.1, 0.15) is 51.0 Å². The molecule has 1 heterocycles. The summed E-state index contributed by atoms with van der Waals surface area (Å²) in [4.78, 5) is 28.7. The van der Waals surface area contributed by atoms with Crippen molar-refractivity contribution in [1.82, 2.24) is 9.80 Å². The van der Waals surface area contributed by atoms with Gasteiger partial charge in [0.1, 0.15) is 5.75 Å². The largest absolute Gasteiger partial charge is 0.497 e. The lowest BCUT2D eigenvalue weighted by Crippen LogP contribution is -2.52. The molecule has 1 saturated carbocycles. The summed E-state index contributed by atoms with van der Waals surface area (Å²) in [7, 11) is 1.66. The van der Waals surface area contributed by atoms with E-state index < -0.39 is 11.4 Å². The number of carboxylic acids is 1. The van der Waals surface area contributed by atoms with Crippen molar-refractivity contribution >= 4 is 11.9 Å². The summed E-state index contributed by atoms with van der Waals surface area (Å²) in [5.41, 5.74) is 0.630. The van der Waals surface area contributed by atoms with Gasteiger partial charge in [-0.1, -0.05) is 31.9 Å². The van der Waals surface area contributed by atoms with Gasteiger partial charge in [0.15, 0.2) is 0 Å². The second-order valence-electron chi connectivity index (χ2n) is 8.00. The van der Waals surface area contributed by atoms with Crippen LogP contribution in [0, 0.1) is 0 Å². The second kappa shape index (κ2) is 8.95. The molecule has 1 aromatic carbocycles. The molecule has 0 aromatic heterocycles. The van der Waals surface area contributed by atoms with Crippen LogP contribution in [-0.2, 0) is 15.0 Å². The third kappa shape index (κ3) is 4.17. The highest BCUT2D eigenvalue weighted by Crippen LogP contribution is 2.44. The smallest absolute Gasteiger partial charge is 0.317 e. The summed E-state index contributed by atoms with van der Waals surface area (Å²) in [6, 6.07) is 8.20. The number of nitrogens with zero attached hydrogens (tertiary/aromatic N) is 2. The maximum absolute atomic E-state index is 13.6. The lowest BCUT2D eigenvalue weighted by molar-refractivity contribution is -0.142. The van der Waals surface area contributed by atoms with Crippen molar-refractivity contribution in [2.45, 2.75) is 56.9 Å². The molecule has 1 aliphatic carbocycles. The topological polar surface area (TPSA) is 70.1 Å². The summed E-state index contributed by atoms with van der Waals surface area (Å²) in [5.74, 6) is 0.240. The monoisotopic (exact) mass is 388 g/mol. The van der Waals surface area contributed by atoms with Crippen molar-refractivity contribution in [2.24, 2.45) is 0 Å². The molecule has 1 N–H and O–H groups in total. The van der Waals surface area contributed by atoms with Gasteiger partial charge in [-0.15, -0.1) is 0 Å². The van der Waals surface area contributed by atoms with Crippen LogP contribution in [0.15, 0.2) is 24.3 Å². The van der Waals surface area contributed by atoms with Gasteiger partial charge < -0.3 is 14.7 Å². The summed E-state index contributed by atoms with van der Waals surface area (Å²) < 4.78 is 5.39. The first kappa shape index (κ1) is 20.6. The normalized spacial score (nSPS) is 19.8. The molecule has 154 valence electrons. The summed E-state index contributed by atoms with van der Waals surface area (Å²) in [6.07, 6.45) is 5.59. The van der Waals surface area contributed by atoms with Crippen molar-refractivity contribution < 1.29 is 19.4 Å². The van der Waals surface area contributed by atoms with E-state index in [1.165, 1.54) is 0 Å². The van der Waals surface area contributed by atoms with Gasteiger partial charge in [0.2, 0.25) is 5.91 Å². The number of aliphatic carboxylic acids is 1. The molecular formula is C22H32N2O4. The molecule has 3 rings (SSSR count). The average Bonchev–Trinajstić information content (AvgIpc) is 3.22. The number of methoxy groups -OCH3 is 1. The van der Waals surface area contributed by atoms with Gasteiger partial charge >= 0.3 is 5.97 Å². The SMILES string of the molecule is CCN(CC(=O)O)C1CCN(C(=O)C2(c3cccc(OC)c3)CCCC2)CC1. The number of hydrogen-bond donors (Lipinski definition) is 1. The van der Waals surface area contributed by atoms with Gasteiger partial charge in [-0.2, -0.15) is 0 Å². The van der Waals surface area contributed by atoms with E-state index in [1.807, 2.05) is 34.9 Å². The van der Waals surface area contributed by atoms with Crippen LogP contribution >= 0.6 is 0 Å². The molecule has 2 fully saturated rings. The first-order chi connectivity index (χ1) is 13.5. The molecule has 1 aliphatic heterocycles. The fourth-order valence-corrected chi connectivity index (χ4v) is 4.93. The molecule has 0 radical (unpaired) electrons. The molecule has 0 unspecified atom stereocenters. The van der Waals surface area contributed by atoms with Gasteiger partial charge in [0.05, 0.1) is 19.1 Å². The Morgan fingerprint density at radius 3 is 2.50 bits per heavy atom. The van der Waals surface area contributed by atoms with Crippen LogP contribution in [0.2, 0.25) is 0 Å². The van der Waals surface area contributed by atoms with E-state index >= 15 is 0 Å². The maximum atomic E-state index is 13.6. The van der Waals surface area contributed by atoms with Crippen molar-refractivity contribution in [1.29, 1.82) is 0 Å². The first-order valence-corrected chi connectivity index (χ1v) is 10.4. The number of piperidine rings is 1. The summed E-state index contributed by atoms with van der Waals surface area (Å²) in [6.45, 7) is 4.19. The van der Waals surface area contributed by atoms with E-state index in [0.717, 1.165) is 56.4 Å². The van der Waals surface area contributed by atoms with Crippen molar-refractivity contribution in [3.8, 4) is 5.75 Å². The minimum absolute atomic E-state index is 0.0723. The molecule has 1 amide bonds. The minimum Gasteiger partial charge on any atom is -0.497 e. The maximum Gasteiger partial charge on any atom is 0.317 e. The zero-order chi connectivity index (χ0) is 20.1.